The molecule has 0 aliphatic rings. The van der Waals surface area contributed by atoms with Gasteiger partial charge in [-0.1, -0.05) is 13.8 Å². The quantitative estimate of drug-likeness (QED) is 0.861. The molecule has 0 fully saturated rings. The number of nitrogens with zero attached hydrogens (tertiary/aromatic N) is 2. The van der Waals surface area contributed by atoms with Gasteiger partial charge < -0.3 is 4.42 Å². The van der Waals surface area contributed by atoms with Gasteiger partial charge in [-0.2, -0.15) is 5.10 Å². The largest absolute Gasteiger partial charge is 0.452 e. The minimum Gasteiger partial charge on any atom is -0.452 e. The van der Waals surface area contributed by atoms with Gasteiger partial charge in [0.05, 0.1) is 12.2 Å². The standard InChI is InChI=1S/C12H15BrN2O/c1-3-9-7-10(4-2)15(14-9)8-11-5-6-12(13)16-11/h5-7H,3-4,8H2,1-2H3. The van der Waals surface area contributed by atoms with Crippen molar-refractivity contribution in [3.05, 3.63) is 40.0 Å². The lowest BCUT2D eigenvalue weighted by atomic mass is 10.2. The lowest BCUT2D eigenvalue weighted by Gasteiger charge is -2.02. The first-order chi connectivity index (χ1) is 7.72. The van der Waals surface area contributed by atoms with E-state index in [4.69, 9.17) is 4.42 Å². The number of furan rings is 1. The average Bonchev–Trinajstić information content (AvgIpc) is 2.85. The highest BCUT2D eigenvalue weighted by Crippen LogP contribution is 2.16. The molecule has 0 spiro atoms. The van der Waals surface area contributed by atoms with E-state index in [0.717, 1.165) is 29.0 Å². The van der Waals surface area contributed by atoms with E-state index in [9.17, 15) is 0 Å². The molecule has 0 amide bonds. The van der Waals surface area contributed by atoms with E-state index in [1.54, 1.807) is 0 Å². The van der Waals surface area contributed by atoms with Gasteiger partial charge in [0.15, 0.2) is 4.67 Å². The zero-order valence-electron chi connectivity index (χ0n) is 9.53. The molecule has 0 N–H and O–H groups in total. The van der Waals surface area contributed by atoms with Crippen LogP contribution >= 0.6 is 15.9 Å². The monoisotopic (exact) mass is 282 g/mol. The van der Waals surface area contributed by atoms with Gasteiger partial charge in [0.2, 0.25) is 0 Å². The molecule has 86 valence electrons. The van der Waals surface area contributed by atoms with Crippen LogP contribution < -0.4 is 0 Å². The normalized spacial score (nSPS) is 10.9. The first-order valence-electron chi connectivity index (χ1n) is 5.52. The number of rotatable bonds is 4. The molecular formula is C12H15BrN2O. The molecule has 0 aliphatic carbocycles. The fourth-order valence-electron chi connectivity index (χ4n) is 1.69. The Balaban J connectivity index is 2.22. The molecule has 0 aromatic carbocycles. The molecule has 16 heavy (non-hydrogen) atoms. The van der Waals surface area contributed by atoms with Crippen LogP contribution in [0.4, 0.5) is 0 Å². The van der Waals surface area contributed by atoms with Gasteiger partial charge >= 0.3 is 0 Å². The van der Waals surface area contributed by atoms with Crippen molar-refractivity contribution in [1.82, 2.24) is 9.78 Å². The van der Waals surface area contributed by atoms with Crippen molar-refractivity contribution in [3.63, 3.8) is 0 Å². The van der Waals surface area contributed by atoms with Gasteiger partial charge in [0, 0.05) is 5.69 Å². The van der Waals surface area contributed by atoms with E-state index in [-0.39, 0.29) is 0 Å². The van der Waals surface area contributed by atoms with Crippen molar-refractivity contribution in [3.8, 4) is 0 Å². The van der Waals surface area contributed by atoms with E-state index >= 15 is 0 Å². The molecule has 2 aromatic rings. The van der Waals surface area contributed by atoms with Gasteiger partial charge in [0.25, 0.3) is 0 Å². The predicted octanol–water partition coefficient (Wildman–Crippen LogP) is 3.41. The number of aryl methyl sites for hydroxylation is 2. The van der Waals surface area contributed by atoms with Crippen LogP contribution in [0.15, 0.2) is 27.3 Å². The topological polar surface area (TPSA) is 31.0 Å². The third kappa shape index (κ3) is 2.38. The Bertz CT molecular complexity index is 473. The van der Waals surface area contributed by atoms with Crippen LogP contribution in [0.1, 0.15) is 31.0 Å². The second-order valence-corrected chi connectivity index (χ2v) is 4.48. The summed E-state index contributed by atoms with van der Waals surface area (Å²) >= 11 is 3.30. The zero-order chi connectivity index (χ0) is 11.5. The number of hydrogen-bond acceptors (Lipinski definition) is 2. The van der Waals surface area contributed by atoms with E-state index in [1.807, 2.05) is 16.8 Å². The summed E-state index contributed by atoms with van der Waals surface area (Å²) in [5.41, 5.74) is 2.40. The smallest absolute Gasteiger partial charge is 0.169 e. The molecule has 0 saturated carbocycles. The van der Waals surface area contributed by atoms with Crippen molar-refractivity contribution in [1.29, 1.82) is 0 Å². The van der Waals surface area contributed by atoms with Crippen LogP contribution in [-0.2, 0) is 19.4 Å². The molecule has 0 radical (unpaired) electrons. The molecule has 4 heteroatoms. The SMILES string of the molecule is CCc1cc(CC)n(Cc2ccc(Br)o2)n1. The Morgan fingerprint density at radius 3 is 2.69 bits per heavy atom. The molecule has 2 aromatic heterocycles. The maximum Gasteiger partial charge on any atom is 0.169 e. The first kappa shape index (κ1) is 11.5. The minimum absolute atomic E-state index is 0.703. The van der Waals surface area contributed by atoms with Crippen molar-refractivity contribution >= 4 is 15.9 Å². The van der Waals surface area contributed by atoms with Gasteiger partial charge in [-0.05, 0) is 47.0 Å². The summed E-state index contributed by atoms with van der Waals surface area (Å²) in [6, 6.07) is 6.04. The number of halogens is 1. The Labute approximate surface area is 104 Å². The van der Waals surface area contributed by atoms with E-state index in [0.29, 0.717) is 6.54 Å². The summed E-state index contributed by atoms with van der Waals surface area (Å²) in [6.07, 6.45) is 1.97. The van der Waals surface area contributed by atoms with Crippen molar-refractivity contribution in [2.75, 3.05) is 0 Å². The molecule has 2 rings (SSSR count). The summed E-state index contributed by atoms with van der Waals surface area (Å²) in [7, 11) is 0. The van der Waals surface area contributed by atoms with Gasteiger partial charge in [0.1, 0.15) is 5.76 Å². The molecule has 0 aliphatic heterocycles. The van der Waals surface area contributed by atoms with E-state index < -0.39 is 0 Å². The van der Waals surface area contributed by atoms with Crippen LogP contribution in [0, 0.1) is 0 Å². The van der Waals surface area contributed by atoms with Crippen molar-refractivity contribution < 1.29 is 4.42 Å². The maximum absolute atomic E-state index is 5.49. The van der Waals surface area contributed by atoms with Crippen LogP contribution in [0.5, 0.6) is 0 Å². The summed E-state index contributed by atoms with van der Waals surface area (Å²) in [4.78, 5) is 0. The Kier molecular flexibility index (Phi) is 3.49. The second kappa shape index (κ2) is 4.87. The average molecular weight is 283 g/mol. The Hall–Kier alpha value is -1.03. The number of aromatic nitrogens is 2. The second-order valence-electron chi connectivity index (χ2n) is 3.70. The molecule has 0 saturated heterocycles. The first-order valence-corrected chi connectivity index (χ1v) is 6.32. The molecule has 0 unspecified atom stereocenters. The van der Waals surface area contributed by atoms with Crippen molar-refractivity contribution in [2.45, 2.75) is 33.2 Å². The highest BCUT2D eigenvalue weighted by Gasteiger charge is 2.07. The molecular weight excluding hydrogens is 268 g/mol. The van der Waals surface area contributed by atoms with Crippen LogP contribution in [-0.4, -0.2) is 9.78 Å². The third-order valence-corrected chi connectivity index (χ3v) is 3.00. The van der Waals surface area contributed by atoms with Crippen molar-refractivity contribution in [2.24, 2.45) is 0 Å². The summed E-state index contributed by atoms with van der Waals surface area (Å²) in [6.45, 7) is 4.97. The van der Waals surface area contributed by atoms with Gasteiger partial charge in [-0.25, -0.2) is 0 Å². The molecule has 2 heterocycles. The minimum atomic E-state index is 0.703. The molecule has 0 atom stereocenters. The van der Waals surface area contributed by atoms with Gasteiger partial charge in [-0.15, -0.1) is 0 Å². The third-order valence-electron chi connectivity index (χ3n) is 2.57. The number of hydrogen-bond donors (Lipinski definition) is 0. The summed E-state index contributed by atoms with van der Waals surface area (Å²) < 4.78 is 8.27. The van der Waals surface area contributed by atoms with Crippen LogP contribution in [0.25, 0.3) is 0 Å². The van der Waals surface area contributed by atoms with Crippen LogP contribution in [0.3, 0.4) is 0 Å². The Morgan fingerprint density at radius 1 is 1.31 bits per heavy atom. The van der Waals surface area contributed by atoms with Gasteiger partial charge in [-0.3, -0.25) is 4.68 Å². The van der Waals surface area contributed by atoms with E-state index in [1.165, 1.54) is 5.69 Å². The van der Waals surface area contributed by atoms with E-state index in [2.05, 4.69) is 40.9 Å². The summed E-state index contributed by atoms with van der Waals surface area (Å²) in [5, 5.41) is 4.55. The summed E-state index contributed by atoms with van der Waals surface area (Å²) in [5.74, 6) is 0.923. The highest BCUT2D eigenvalue weighted by atomic mass is 79.9. The highest BCUT2D eigenvalue weighted by molar-refractivity contribution is 9.10. The lowest BCUT2D eigenvalue weighted by molar-refractivity contribution is 0.457. The zero-order valence-corrected chi connectivity index (χ0v) is 11.1. The molecule has 3 nitrogen and oxygen atoms in total. The lowest BCUT2D eigenvalue weighted by Crippen LogP contribution is -2.05. The van der Waals surface area contributed by atoms with Crippen LogP contribution in [0.2, 0.25) is 0 Å². The Morgan fingerprint density at radius 2 is 2.12 bits per heavy atom. The molecule has 0 bridgehead atoms. The predicted molar refractivity (Wildman–Crippen MR) is 66.5 cm³/mol. The maximum atomic E-state index is 5.49. The fraction of sp³-hybridized carbons (Fsp3) is 0.417. The fourth-order valence-corrected chi connectivity index (χ4v) is 2.03.